The number of nitrogens with two attached hydrogens (primary N) is 2. The zero-order valence-corrected chi connectivity index (χ0v) is 9.19. The van der Waals surface area contributed by atoms with E-state index in [4.69, 9.17) is 16.2 Å². The Morgan fingerprint density at radius 1 is 1.50 bits per heavy atom. The molecule has 0 saturated carbocycles. The zero-order chi connectivity index (χ0) is 12.1. The van der Waals surface area contributed by atoms with E-state index in [1.54, 1.807) is 0 Å². The van der Waals surface area contributed by atoms with Crippen LogP contribution in [0.25, 0.3) is 0 Å². The standard InChI is InChI=1S/C11H17FN2O2/c1-16-10-3-2-7(12)6-8(10)11(15)9(14)4-5-13/h2-3,6,9,11,15H,4-5,13-14H2,1H3. The van der Waals surface area contributed by atoms with E-state index >= 15 is 0 Å². The van der Waals surface area contributed by atoms with Crippen molar-refractivity contribution in [1.82, 2.24) is 0 Å². The summed E-state index contributed by atoms with van der Waals surface area (Å²) in [5.74, 6) is -0.0174. The van der Waals surface area contributed by atoms with Crippen LogP contribution in [0.3, 0.4) is 0 Å². The number of hydrogen-bond acceptors (Lipinski definition) is 4. The third-order valence-electron chi connectivity index (χ3n) is 2.42. The summed E-state index contributed by atoms with van der Waals surface area (Å²) >= 11 is 0. The molecule has 0 radical (unpaired) electrons. The molecule has 0 bridgehead atoms. The molecule has 1 aromatic rings. The van der Waals surface area contributed by atoms with Crippen LogP contribution in [0, 0.1) is 5.82 Å². The number of halogens is 1. The Bertz CT molecular complexity index is 347. The van der Waals surface area contributed by atoms with Crippen molar-refractivity contribution in [2.75, 3.05) is 13.7 Å². The first-order chi connectivity index (χ1) is 7.60. The van der Waals surface area contributed by atoms with Crippen LogP contribution in [0.5, 0.6) is 5.75 Å². The molecule has 2 unspecified atom stereocenters. The van der Waals surface area contributed by atoms with Gasteiger partial charge in [-0.3, -0.25) is 0 Å². The lowest BCUT2D eigenvalue weighted by molar-refractivity contribution is 0.139. The molecule has 0 aliphatic carbocycles. The summed E-state index contributed by atoms with van der Waals surface area (Å²) in [6, 6.07) is 3.42. The molecule has 0 spiro atoms. The maximum absolute atomic E-state index is 13.1. The number of aliphatic hydroxyl groups excluding tert-OH is 1. The maximum Gasteiger partial charge on any atom is 0.124 e. The second-order valence-corrected chi connectivity index (χ2v) is 3.57. The number of methoxy groups -OCH3 is 1. The van der Waals surface area contributed by atoms with E-state index in [-0.39, 0.29) is 0 Å². The van der Waals surface area contributed by atoms with Gasteiger partial charge in [0, 0.05) is 11.6 Å². The van der Waals surface area contributed by atoms with Crippen LogP contribution in [0.15, 0.2) is 18.2 Å². The van der Waals surface area contributed by atoms with Gasteiger partial charge in [-0.15, -0.1) is 0 Å². The van der Waals surface area contributed by atoms with Crippen molar-refractivity contribution in [3.63, 3.8) is 0 Å². The molecule has 0 heterocycles. The molecule has 5 N–H and O–H groups in total. The summed E-state index contributed by atoms with van der Waals surface area (Å²) in [7, 11) is 1.46. The summed E-state index contributed by atoms with van der Waals surface area (Å²) in [6.45, 7) is 0.371. The van der Waals surface area contributed by atoms with E-state index in [2.05, 4.69) is 0 Å². The molecule has 0 saturated heterocycles. The molecular formula is C11H17FN2O2. The Balaban J connectivity index is 2.96. The lowest BCUT2D eigenvalue weighted by Crippen LogP contribution is -2.31. The summed E-state index contributed by atoms with van der Waals surface area (Å²) in [4.78, 5) is 0. The molecule has 0 fully saturated rings. The first-order valence-electron chi connectivity index (χ1n) is 5.07. The van der Waals surface area contributed by atoms with Gasteiger partial charge in [-0.1, -0.05) is 0 Å². The minimum atomic E-state index is -0.978. The lowest BCUT2D eigenvalue weighted by Gasteiger charge is -2.20. The van der Waals surface area contributed by atoms with Gasteiger partial charge in [0.15, 0.2) is 0 Å². The highest BCUT2D eigenvalue weighted by atomic mass is 19.1. The highest BCUT2D eigenvalue weighted by molar-refractivity contribution is 5.36. The Morgan fingerprint density at radius 3 is 2.75 bits per heavy atom. The van der Waals surface area contributed by atoms with E-state index in [9.17, 15) is 9.50 Å². The number of hydrogen-bond donors (Lipinski definition) is 3. The predicted molar refractivity (Wildman–Crippen MR) is 59.6 cm³/mol. The molecule has 0 aliphatic heterocycles. The summed E-state index contributed by atoms with van der Waals surface area (Å²) in [5.41, 5.74) is 11.4. The second-order valence-electron chi connectivity index (χ2n) is 3.57. The van der Waals surface area contributed by atoms with Crippen molar-refractivity contribution in [2.24, 2.45) is 11.5 Å². The van der Waals surface area contributed by atoms with Gasteiger partial charge >= 0.3 is 0 Å². The molecule has 4 nitrogen and oxygen atoms in total. The largest absolute Gasteiger partial charge is 0.496 e. The molecular weight excluding hydrogens is 211 g/mol. The molecule has 5 heteroatoms. The van der Waals surface area contributed by atoms with Crippen LogP contribution >= 0.6 is 0 Å². The number of benzene rings is 1. The Kier molecular flexibility index (Phi) is 4.67. The highest BCUT2D eigenvalue weighted by Crippen LogP contribution is 2.28. The fraction of sp³-hybridized carbons (Fsp3) is 0.455. The minimum Gasteiger partial charge on any atom is -0.496 e. The normalized spacial score (nSPS) is 14.6. The number of rotatable bonds is 5. The van der Waals surface area contributed by atoms with Crippen LogP contribution in [-0.4, -0.2) is 24.8 Å². The minimum absolute atomic E-state index is 0.350. The first-order valence-corrected chi connectivity index (χ1v) is 5.07. The predicted octanol–water partition coefficient (Wildman–Crippen LogP) is 0.544. The number of ether oxygens (including phenoxy) is 1. The quantitative estimate of drug-likeness (QED) is 0.687. The van der Waals surface area contributed by atoms with Crippen LogP contribution in [0.4, 0.5) is 4.39 Å². The van der Waals surface area contributed by atoms with Crippen LogP contribution in [0.1, 0.15) is 18.1 Å². The molecule has 0 aromatic heterocycles. The zero-order valence-electron chi connectivity index (χ0n) is 9.19. The average molecular weight is 228 g/mol. The number of aliphatic hydroxyl groups is 1. The van der Waals surface area contributed by atoms with Gasteiger partial charge in [0.05, 0.1) is 13.2 Å². The van der Waals surface area contributed by atoms with Crippen LogP contribution in [-0.2, 0) is 0 Å². The van der Waals surface area contributed by atoms with E-state index in [0.29, 0.717) is 24.3 Å². The van der Waals surface area contributed by atoms with E-state index in [1.807, 2.05) is 0 Å². The summed E-state index contributed by atoms with van der Waals surface area (Å²) < 4.78 is 18.1. The van der Waals surface area contributed by atoms with Gasteiger partial charge < -0.3 is 21.3 Å². The third-order valence-corrected chi connectivity index (χ3v) is 2.42. The molecule has 0 aliphatic rings. The van der Waals surface area contributed by atoms with Crippen molar-refractivity contribution in [3.8, 4) is 5.75 Å². The second kappa shape index (κ2) is 5.79. The fourth-order valence-corrected chi connectivity index (χ4v) is 1.52. The first kappa shape index (κ1) is 12.9. The highest BCUT2D eigenvalue weighted by Gasteiger charge is 2.20. The fourth-order valence-electron chi connectivity index (χ4n) is 1.52. The van der Waals surface area contributed by atoms with Crippen LogP contribution in [0.2, 0.25) is 0 Å². The van der Waals surface area contributed by atoms with Gasteiger partial charge in [0.25, 0.3) is 0 Å². The summed E-state index contributed by atoms with van der Waals surface area (Å²) in [5, 5.41) is 9.93. The molecule has 2 atom stereocenters. The molecule has 16 heavy (non-hydrogen) atoms. The van der Waals surface area contributed by atoms with Gasteiger partial charge in [-0.2, -0.15) is 0 Å². The smallest absolute Gasteiger partial charge is 0.124 e. The van der Waals surface area contributed by atoms with Gasteiger partial charge in [0.1, 0.15) is 11.6 Å². The Morgan fingerprint density at radius 2 is 2.19 bits per heavy atom. The Hall–Kier alpha value is -1.17. The van der Waals surface area contributed by atoms with Gasteiger partial charge in [-0.25, -0.2) is 4.39 Å². The van der Waals surface area contributed by atoms with E-state index in [1.165, 1.54) is 25.3 Å². The SMILES string of the molecule is COc1ccc(F)cc1C(O)C(N)CCN. The van der Waals surface area contributed by atoms with E-state index in [0.717, 1.165) is 0 Å². The van der Waals surface area contributed by atoms with Crippen molar-refractivity contribution in [3.05, 3.63) is 29.6 Å². The van der Waals surface area contributed by atoms with E-state index < -0.39 is 18.0 Å². The average Bonchev–Trinajstić information content (AvgIpc) is 2.28. The molecule has 1 aromatic carbocycles. The van der Waals surface area contributed by atoms with Crippen molar-refractivity contribution in [2.45, 2.75) is 18.6 Å². The topological polar surface area (TPSA) is 81.5 Å². The molecule has 1 rings (SSSR count). The summed E-state index contributed by atoms with van der Waals surface area (Å²) in [6.07, 6.45) is -0.518. The van der Waals surface area contributed by atoms with Gasteiger partial charge in [-0.05, 0) is 31.2 Å². The Labute approximate surface area is 94.0 Å². The third kappa shape index (κ3) is 2.91. The molecule has 0 amide bonds. The monoisotopic (exact) mass is 228 g/mol. The van der Waals surface area contributed by atoms with Gasteiger partial charge in [0.2, 0.25) is 0 Å². The van der Waals surface area contributed by atoms with Crippen LogP contribution < -0.4 is 16.2 Å². The van der Waals surface area contributed by atoms with Crippen molar-refractivity contribution < 1.29 is 14.2 Å². The lowest BCUT2D eigenvalue weighted by atomic mass is 9.99. The van der Waals surface area contributed by atoms with Crippen molar-refractivity contribution >= 4 is 0 Å². The van der Waals surface area contributed by atoms with Crippen molar-refractivity contribution in [1.29, 1.82) is 0 Å². The molecule has 90 valence electrons. The maximum atomic E-state index is 13.1.